The number of carbonyl (C=O) groups excluding carboxylic acids is 5. The van der Waals surface area contributed by atoms with Gasteiger partial charge in [-0.05, 0) is 121 Å². The van der Waals surface area contributed by atoms with Crippen LogP contribution in [0.1, 0.15) is 114 Å². The van der Waals surface area contributed by atoms with Crippen LogP contribution in [-0.4, -0.2) is 165 Å². The molecule has 1 aliphatic rings. The Bertz CT molecular complexity index is 2190. The van der Waals surface area contributed by atoms with Gasteiger partial charge in [-0.3, -0.25) is 57.7 Å². The van der Waals surface area contributed by atoms with E-state index in [1.807, 2.05) is 22.8 Å². The van der Waals surface area contributed by atoms with Gasteiger partial charge in [-0.2, -0.15) is 0 Å². The third kappa shape index (κ3) is 21.5. The number of carbonyl (C=O) groups is 6. The van der Waals surface area contributed by atoms with E-state index in [1.54, 1.807) is 100 Å². The van der Waals surface area contributed by atoms with E-state index in [4.69, 9.17) is 25.4 Å². The number of esters is 4. The lowest BCUT2D eigenvalue weighted by Crippen LogP contribution is -2.58. The summed E-state index contributed by atoms with van der Waals surface area (Å²) in [6.45, 7) is 21.7. The summed E-state index contributed by atoms with van der Waals surface area (Å²) in [5, 5.41) is 13.6. The van der Waals surface area contributed by atoms with Crippen LogP contribution in [0.4, 0.5) is 5.69 Å². The average Bonchev–Trinajstić information content (AvgIpc) is 3.16. The fraction of sp³-hybridized carbons (Fsp3) is 0.667. The number of nitrogens with one attached hydrogen (secondary N) is 1. The molecular formula is C51H78N6O12. The van der Waals surface area contributed by atoms with Gasteiger partial charge in [-0.1, -0.05) is 24.8 Å². The predicted molar refractivity (Wildman–Crippen MR) is 263 cm³/mol. The van der Waals surface area contributed by atoms with Crippen molar-refractivity contribution in [3.05, 3.63) is 40.2 Å². The number of fused-ring (bicyclic) bond motifs is 1. The number of aliphatic carboxylic acids is 1. The fourth-order valence-corrected chi connectivity index (χ4v) is 8.30. The maximum absolute atomic E-state index is 14.4. The molecule has 0 spiro atoms. The summed E-state index contributed by atoms with van der Waals surface area (Å²) in [5.74, 6) is -1.23. The SMILES string of the molecule is C#CCn1c(=O)cc(C)c2ccc(NC(=O)CN(CCN(CC(=O)OC(C)(C)C)CC(=O)OC(C)(C)C)[C@H]3CCCC[C@@H]3N(CCN(CC(=O)O)CC(=O)OC(C)(C)C)CC(=O)OC(C)(C)C)cc21. The second kappa shape index (κ2) is 25.0. The topological polar surface area (TPSA) is 207 Å². The number of ether oxygens (including phenoxy) is 4. The molecule has 0 bridgehead atoms. The van der Waals surface area contributed by atoms with E-state index < -0.39 is 70.7 Å². The van der Waals surface area contributed by atoms with Crippen LogP contribution < -0.4 is 10.9 Å². The maximum atomic E-state index is 14.4. The number of amides is 1. The molecule has 1 aromatic heterocycles. The highest BCUT2D eigenvalue weighted by molar-refractivity contribution is 5.95. The number of carboxylic acids is 1. The molecule has 2 aromatic rings. The number of aromatic nitrogens is 1. The third-order valence-corrected chi connectivity index (χ3v) is 10.7. The van der Waals surface area contributed by atoms with E-state index in [2.05, 4.69) is 11.2 Å². The van der Waals surface area contributed by atoms with E-state index in [0.717, 1.165) is 23.8 Å². The van der Waals surface area contributed by atoms with Crippen molar-refractivity contribution in [3.63, 3.8) is 0 Å². The number of hydrogen-bond acceptors (Lipinski definition) is 15. The van der Waals surface area contributed by atoms with Crippen LogP contribution in [0.5, 0.6) is 0 Å². The third-order valence-electron chi connectivity index (χ3n) is 10.7. The molecule has 1 saturated carbocycles. The Labute approximate surface area is 408 Å². The molecule has 18 nitrogen and oxygen atoms in total. The van der Waals surface area contributed by atoms with Crippen molar-refractivity contribution < 1.29 is 52.8 Å². The second-order valence-electron chi connectivity index (χ2n) is 21.8. The molecule has 1 aliphatic carbocycles. The van der Waals surface area contributed by atoms with Crippen molar-refractivity contribution in [3.8, 4) is 12.3 Å². The molecule has 0 saturated heterocycles. The van der Waals surface area contributed by atoms with Gasteiger partial charge in [0.2, 0.25) is 5.91 Å². The lowest BCUT2D eigenvalue weighted by Gasteiger charge is -2.45. The Morgan fingerprint density at radius 1 is 0.652 bits per heavy atom. The summed E-state index contributed by atoms with van der Waals surface area (Å²) in [6, 6.07) is 6.01. The largest absolute Gasteiger partial charge is 0.480 e. The van der Waals surface area contributed by atoms with Crippen LogP contribution in [-0.2, 0) is 54.3 Å². The van der Waals surface area contributed by atoms with E-state index in [1.165, 1.54) is 15.5 Å². The molecule has 1 amide bonds. The summed E-state index contributed by atoms with van der Waals surface area (Å²) < 4.78 is 24.1. The maximum Gasteiger partial charge on any atom is 0.320 e. The van der Waals surface area contributed by atoms with E-state index in [9.17, 15) is 38.7 Å². The zero-order valence-corrected chi connectivity index (χ0v) is 43.3. The molecule has 0 unspecified atom stereocenters. The van der Waals surface area contributed by atoms with E-state index >= 15 is 0 Å². The zero-order valence-electron chi connectivity index (χ0n) is 43.3. The monoisotopic (exact) mass is 967 g/mol. The van der Waals surface area contributed by atoms with Gasteiger partial charge in [0, 0.05) is 55.4 Å². The lowest BCUT2D eigenvalue weighted by atomic mass is 9.87. The average molecular weight is 967 g/mol. The first-order valence-corrected chi connectivity index (χ1v) is 23.7. The molecular weight excluding hydrogens is 889 g/mol. The van der Waals surface area contributed by atoms with Crippen LogP contribution >= 0.6 is 0 Å². The Kier molecular flexibility index (Phi) is 21.0. The van der Waals surface area contributed by atoms with Crippen molar-refractivity contribution in [1.29, 1.82) is 0 Å². The number of rotatable bonds is 22. The number of anilines is 1. The highest BCUT2D eigenvalue weighted by Crippen LogP contribution is 2.29. The molecule has 2 atom stereocenters. The van der Waals surface area contributed by atoms with Crippen LogP contribution in [0, 0.1) is 19.3 Å². The molecule has 384 valence electrons. The Balaban J connectivity index is 2.12. The number of terminal acetylenes is 1. The standard InChI is InChI=1S/C51H78N6O12/c1-15-22-57-40-28-36(20-21-37(40)35(2)27-42(57)59)52-41(58)29-55(25-24-54(32-45(63)67-49(6,7)8)33-46(64)68-50(9,10)11)38-18-16-17-19-39(38)56(34-47(65)69-51(12,13)14)26-23-53(30-43(60)61)31-44(62)66-48(3,4)5/h1,20-21,27-28,38-39H,16-19,22-26,29-34H2,2-14H3,(H,52,58)(H,60,61)/t38-,39-/m0/s1. The number of aryl methyl sites for hydroxylation is 1. The van der Waals surface area contributed by atoms with Crippen molar-refractivity contribution in [2.75, 3.05) is 70.8 Å². The lowest BCUT2D eigenvalue weighted by molar-refractivity contribution is -0.161. The second-order valence-corrected chi connectivity index (χ2v) is 21.8. The molecule has 0 radical (unpaired) electrons. The minimum atomic E-state index is -1.15. The van der Waals surface area contributed by atoms with Gasteiger partial charge in [0.25, 0.3) is 5.56 Å². The van der Waals surface area contributed by atoms with Crippen LogP contribution in [0.2, 0.25) is 0 Å². The van der Waals surface area contributed by atoms with Gasteiger partial charge in [0.1, 0.15) is 22.4 Å². The minimum Gasteiger partial charge on any atom is -0.480 e. The quantitative estimate of drug-likeness (QED) is 0.0919. The van der Waals surface area contributed by atoms with Gasteiger partial charge in [-0.15, -0.1) is 6.42 Å². The van der Waals surface area contributed by atoms with Gasteiger partial charge in [0.05, 0.1) is 51.3 Å². The number of nitrogens with zero attached hydrogens (tertiary/aromatic N) is 5. The highest BCUT2D eigenvalue weighted by atomic mass is 16.6. The molecule has 18 heteroatoms. The summed E-state index contributed by atoms with van der Waals surface area (Å²) in [5.41, 5.74) is -1.74. The molecule has 3 rings (SSSR count). The summed E-state index contributed by atoms with van der Waals surface area (Å²) in [7, 11) is 0. The first-order chi connectivity index (χ1) is 31.8. The van der Waals surface area contributed by atoms with Gasteiger partial charge in [-0.25, -0.2) is 0 Å². The van der Waals surface area contributed by atoms with Gasteiger partial charge >= 0.3 is 29.8 Å². The number of hydrogen-bond donors (Lipinski definition) is 2. The molecule has 2 N–H and O–H groups in total. The smallest absolute Gasteiger partial charge is 0.320 e. The molecule has 1 aromatic carbocycles. The van der Waals surface area contributed by atoms with Crippen LogP contribution in [0.3, 0.4) is 0 Å². The fourth-order valence-electron chi connectivity index (χ4n) is 8.30. The highest BCUT2D eigenvalue weighted by Gasteiger charge is 2.37. The first kappa shape index (κ1) is 58.0. The van der Waals surface area contributed by atoms with Crippen molar-refractivity contribution in [1.82, 2.24) is 24.2 Å². The Hall–Kier alpha value is -5.35. The van der Waals surface area contributed by atoms with Gasteiger partial charge < -0.3 is 29.4 Å². The number of benzene rings is 1. The Morgan fingerprint density at radius 3 is 1.49 bits per heavy atom. The van der Waals surface area contributed by atoms with Crippen molar-refractivity contribution in [2.24, 2.45) is 0 Å². The summed E-state index contributed by atoms with van der Waals surface area (Å²) in [4.78, 5) is 99.7. The van der Waals surface area contributed by atoms with Crippen molar-refractivity contribution in [2.45, 2.75) is 157 Å². The number of carboxylic acid groups (broad SMARTS) is 1. The summed E-state index contributed by atoms with van der Waals surface area (Å²) >= 11 is 0. The first-order valence-electron chi connectivity index (χ1n) is 23.7. The zero-order chi connectivity index (χ0) is 52.1. The molecule has 1 fully saturated rings. The Morgan fingerprint density at radius 2 is 1.07 bits per heavy atom. The van der Waals surface area contributed by atoms with Crippen LogP contribution in [0.15, 0.2) is 29.1 Å². The predicted octanol–water partition coefficient (Wildman–Crippen LogP) is 4.85. The van der Waals surface area contributed by atoms with Crippen molar-refractivity contribution >= 4 is 52.3 Å². The van der Waals surface area contributed by atoms with E-state index in [0.29, 0.717) is 24.0 Å². The van der Waals surface area contributed by atoms with Gasteiger partial charge in [0.15, 0.2) is 0 Å². The molecule has 69 heavy (non-hydrogen) atoms. The normalized spacial score (nSPS) is 15.8. The molecule has 1 heterocycles. The van der Waals surface area contributed by atoms with E-state index in [-0.39, 0.29) is 77.0 Å². The number of pyridine rings is 1. The summed E-state index contributed by atoms with van der Waals surface area (Å²) in [6.07, 6.45) is 8.36. The minimum absolute atomic E-state index is 0.0296. The molecule has 0 aliphatic heterocycles. The van der Waals surface area contributed by atoms with Crippen LogP contribution in [0.25, 0.3) is 10.9 Å².